The molecule has 1 aromatic heterocycles. The van der Waals surface area contributed by atoms with Crippen molar-refractivity contribution in [1.82, 2.24) is 15.3 Å². The molecule has 1 heterocycles. The molecule has 3 amide bonds. The summed E-state index contributed by atoms with van der Waals surface area (Å²) in [5, 5.41) is 3.33. The number of rotatable bonds is 4. The van der Waals surface area contributed by atoms with Gasteiger partial charge in [-0.3, -0.25) is 10.1 Å². The molecule has 19 heavy (non-hydrogen) atoms. The Labute approximate surface area is 118 Å². The molecule has 6 nitrogen and oxygen atoms in total. The van der Waals surface area contributed by atoms with Gasteiger partial charge < -0.3 is 10.7 Å². The second-order valence-electron chi connectivity index (χ2n) is 3.71. The van der Waals surface area contributed by atoms with Crippen LogP contribution in [0.15, 0.2) is 23.4 Å². The number of hydrogen-bond donors (Lipinski definition) is 3. The Bertz CT molecular complexity index is 628. The van der Waals surface area contributed by atoms with Gasteiger partial charge >= 0.3 is 6.03 Å². The molecule has 0 spiro atoms. The van der Waals surface area contributed by atoms with Crippen LogP contribution in [-0.2, 0) is 4.79 Å². The van der Waals surface area contributed by atoms with Gasteiger partial charge in [0.05, 0.1) is 11.0 Å². The van der Waals surface area contributed by atoms with Crippen molar-refractivity contribution in [2.24, 2.45) is 5.73 Å². The number of urea groups is 1. The van der Waals surface area contributed by atoms with E-state index in [0.29, 0.717) is 15.9 Å². The van der Waals surface area contributed by atoms with E-state index in [0.717, 1.165) is 11.0 Å². The molecule has 1 aromatic carbocycles. The summed E-state index contributed by atoms with van der Waals surface area (Å²) in [6.45, 7) is 0. The number of benzene rings is 1. The number of nitrogens with two attached hydrogens (primary N) is 1. The number of imidazole rings is 1. The number of carbonyl (C=O) groups excluding carboxylic acids is 2. The minimum absolute atomic E-state index is 0.186. The number of aromatic amines is 1. The lowest BCUT2D eigenvalue weighted by molar-refractivity contribution is -0.119. The highest BCUT2D eigenvalue weighted by Gasteiger charge is 2.07. The molecule has 0 aliphatic rings. The number of amides is 3. The van der Waals surface area contributed by atoms with Crippen molar-refractivity contribution in [3.63, 3.8) is 0 Å². The molecule has 0 aliphatic heterocycles. The van der Waals surface area contributed by atoms with Gasteiger partial charge in [0.15, 0.2) is 5.16 Å². The Kier molecular flexibility index (Phi) is 4.28. The first-order valence-corrected chi connectivity index (χ1v) is 6.78. The largest absolute Gasteiger partial charge is 0.351 e. The molecule has 100 valence electrons. The SMILES string of the molecule is NC(=O)NC(=O)CCSc1nc2ccc(Cl)cc2[nH]1. The highest BCUT2D eigenvalue weighted by molar-refractivity contribution is 7.99. The number of nitrogens with zero attached hydrogens (tertiary/aromatic N) is 1. The zero-order chi connectivity index (χ0) is 13.8. The van der Waals surface area contributed by atoms with Crippen LogP contribution in [0.3, 0.4) is 0 Å². The molecule has 0 bridgehead atoms. The second kappa shape index (κ2) is 5.94. The van der Waals surface area contributed by atoms with Gasteiger partial charge in [0.25, 0.3) is 0 Å². The molecular formula is C11H11ClN4O2S. The molecule has 0 unspecified atom stereocenters. The average Bonchev–Trinajstić information content (AvgIpc) is 2.69. The number of nitrogens with one attached hydrogen (secondary N) is 2. The van der Waals surface area contributed by atoms with Crippen LogP contribution in [0.1, 0.15) is 6.42 Å². The van der Waals surface area contributed by atoms with Gasteiger partial charge in [-0.15, -0.1) is 0 Å². The third kappa shape index (κ3) is 3.87. The summed E-state index contributed by atoms with van der Waals surface area (Å²) in [4.78, 5) is 29.1. The lowest BCUT2D eigenvalue weighted by Crippen LogP contribution is -2.35. The number of carbonyl (C=O) groups is 2. The standard InChI is InChI=1S/C11H11ClN4O2S/c12-6-1-2-7-8(5-6)15-11(14-7)19-4-3-9(17)16-10(13)18/h1-2,5H,3-4H2,(H,14,15)(H3,13,16,17,18). The first kappa shape index (κ1) is 13.7. The fourth-order valence-corrected chi connectivity index (χ4v) is 2.47. The van der Waals surface area contributed by atoms with E-state index < -0.39 is 11.9 Å². The number of imide groups is 1. The van der Waals surface area contributed by atoms with Crippen molar-refractivity contribution < 1.29 is 9.59 Å². The number of primary amides is 1. The van der Waals surface area contributed by atoms with Gasteiger partial charge in [-0.25, -0.2) is 9.78 Å². The van der Waals surface area contributed by atoms with E-state index in [2.05, 4.69) is 9.97 Å². The quantitative estimate of drug-likeness (QED) is 0.750. The molecule has 8 heteroatoms. The van der Waals surface area contributed by atoms with E-state index in [1.54, 1.807) is 12.1 Å². The highest BCUT2D eigenvalue weighted by Crippen LogP contribution is 2.22. The summed E-state index contributed by atoms with van der Waals surface area (Å²) >= 11 is 7.26. The Hall–Kier alpha value is -1.73. The van der Waals surface area contributed by atoms with Crippen molar-refractivity contribution in [1.29, 1.82) is 0 Å². The van der Waals surface area contributed by atoms with Crippen molar-refractivity contribution in [2.75, 3.05) is 5.75 Å². The average molecular weight is 299 g/mol. The van der Waals surface area contributed by atoms with Gasteiger partial charge in [0.1, 0.15) is 0 Å². The monoisotopic (exact) mass is 298 g/mol. The Morgan fingerprint density at radius 3 is 3.00 bits per heavy atom. The normalized spacial score (nSPS) is 10.6. The molecule has 0 aliphatic carbocycles. The molecule has 0 atom stereocenters. The van der Waals surface area contributed by atoms with Crippen LogP contribution >= 0.6 is 23.4 Å². The molecule has 4 N–H and O–H groups in total. The zero-order valence-corrected chi connectivity index (χ0v) is 11.3. The number of H-pyrrole nitrogens is 1. The lowest BCUT2D eigenvalue weighted by atomic mass is 10.3. The van der Waals surface area contributed by atoms with Gasteiger partial charge in [0, 0.05) is 17.2 Å². The van der Waals surface area contributed by atoms with Gasteiger partial charge in [0.2, 0.25) is 5.91 Å². The fourth-order valence-electron chi connectivity index (χ4n) is 1.47. The maximum Gasteiger partial charge on any atom is 0.318 e. The summed E-state index contributed by atoms with van der Waals surface area (Å²) in [5.74, 6) is 0.0892. The number of hydrogen-bond acceptors (Lipinski definition) is 4. The minimum Gasteiger partial charge on any atom is -0.351 e. The summed E-state index contributed by atoms with van der Waals surface area (Å²) in [6.07, 6.45) is 0.186. The topological polar surface area (TPSA) is 101 Å². The Balaban J connectivity index is 1.91. The van der Waals surface area contributed by atoms with E-state index in [4.69, 9.17) is 17.3 Å². The van der Waals surface area contributed by atoms with Crippen molar-refractivity contribution in [2.45, 2.75) is 11.6 Å². The number of aromatic nitrogens is 2. The molecule has 0 saturated heterocycles. The third-order valence-corrected chi connectivity index (χ3v) is 3.36. The Morgan fingerprint density at radius 1 is 1.47 bits per heavy atom. The first-order chi connectivity index (χ1) is 9.04. The predicted molar refractivity (Wildman–Crippen MR) is 74.2 cm³/mol. The third-order valence-electron chi connectivity index (χ3n) is 2.25. The second-order valence-corrected chi connectivity index (χ2v) is 5.23. The van der Waals surface area contributed by atoms with Gasteiger partial charge in [-0.05, 0) is 18.2 Å². The first-order valence-electron chi connectivity index (χ1n) is 5.42. The summed E-state index contributed by atoms with van der Waals surface area (Å²) in [5.41, 5.74) is 6.49. The summed E-state index contributed by atoms with van der Waals surface area (Å²) in [7, 11) is 0. The molecular weight excluding hydrogens is 288 g/mol. The maximum absolute atomic E-state index is 11.2. The van der Waals surface area contributed by atoms with Crippen LogP contribution in [0, 0.1) is 0 Å². The van der Waals surface area contributed by atoms with Crippen molar-refractivity contribution >= 4 is 46.3 Å². The van der Waals surface area contributed by atoms with E-state index in [9.17, 15) is 9.59 Å². The lowest BCUT2D eigenvalue weighted by Gasteiger charge is -1.98. The minimum atomic E-state index is -0.839. The predicted octanol–water partition coefficient (Wildman–Crippen LogP) is 1.89. The summed E-state index contributed by atoms with van der Waals surface area (Å²) < 4.78 is 0. The van der Waals surface area contributed by atoms with E-state index in [1.165, 1.54) is 11.8 Å². The number of thioether (sulfide) groups is 1. The van der Waals surface area contributed by atoms with Crippen molar-refractivity contribution in [3.8, 4) is 0 Å². The van der Waals surface area contributed by atoms with Crippen molar-refractivity contribution in [3.05, 3.63) is 23.2 Å². The van der Waals surface area contributed by atoms with Gasteiger partial charge in [-0.1, -0.05) is 23.4 Å². The van der Waals surface area contributed by atoms with Gasteiger partial charge in [-0.2, -0.15) is 0 Å². The van der Waals surface area contributed by atoms with Crippen LogP contribution in [0.25, 0.3) is 11.0 Å². The van der Waals surface area contributed by atoms with Crippen LogP contribution in [0.2, 0.25) is 5.02 Å². The highest BCUT2D eigenvalue weighted by atomic mass is 35.5. The van der Waals surface area contributed by atoms with Crippen LogP contribution in [-0.4, -0.2) is 27.7 Å². The molecule has 0 saturated carbocycles. The molecule has 2 aromatic rings. The number of fused-ring (bicyclic) bond motifs is 1. The summed E-state index contributed by atoms with van der Waals surface area (Å²) in [6, 6.07) is 4.53. The number of halogens is 1. The Morgan fingerprint density at radius 2 is 2.26 bits per heavy atom. The van der Waals surface area contributed by atoms with Crippen LogP contribution in [0.4, 0.5) is 4.79 Å². The van der Waals surface area contributed by atoms with E-state index >= 15 is 0 Å². The fraction of sp³-hybridized carbons (Fsp3) is 0.182. The zero-order valence-electron chi connectivity index (χ0n) is 9.77. The molecule has 2 rings (SSSR count). The maximum atomic E-state index is 11.2. The van der Waals surface area contributed by atoms with Crippen LogP contribution in [0.5, 0.6) is 0 Å². The molecule has 0 radical (unpaired) electrons. The van der Waals surface area contributed by atoms with E-state index in [-0.39, 0.29) is 6.42 Å². The van der Waals surface area contributed by atoms with E-state index in [1.807, 2.05) is 11.4 Å². The smallest absolute Gasteiger partial charge is 0.318 e. The van der Waals surface area contributed by atoms with Crippen LogP contribution < -0.4 is 11.1 Å². The molecule has 0 fully saturated rings.